The Balaban J connectivity index is 3.29. The summed E-state index contributed by atoms with van der Waals surface area (Å²) in [6, 6.07) is 0. The molecular weight excluding hydrogens is 312 g/mol. The maximum Gasteiger partial charge on any atom is 0.144 e. The molecule has 3 nitrogen and oxygen atoms in total. The average Bonchev–Trinajstić information content (AvgIpc) is 2.28. The molecule has 0 saturated carbocycles. The summed E-state index contributed by atoms with van der Waals surface area (Å²) in [4.78, 5) is 7.80. The largest absolute Gasteiger partial charge is 0.370 e. The Morgan fingerprint density at radius 3 is 2.44 bits per heavy atom. The fourth-order valence-corrected chi connectivity index (χ4v) is 2.49. The molecule has 0 spiro atoms. The second kappa shape index (κ2) is 6.26. The highest BCUT2D eigenvalue weighted by atomic mass is 79.9. The van der Waals surface area contributed by atoms with Gasteiger partial charge >= 0.3 is 0 Å². The van der Waals surface area contributed by atoms with Crippen LogP contribution in [0.15, 0.2) is 4.47 Å². The number of ether oxygens (including phenoxy) is 1. The van der Waals surface area contributed by atoms with Gasteiger partial charge in [0.25, 0.3) is 0 Å². The fourth-order valence-electron chi connectivity index (χ4n) is 1.80. The topological polar surface area (TPSA) is 37.9 Å². The van der Waals surface area contributed by atoms with Crippen LogP contribution in [-0.2, 0) is 11.2 Å². The molecule has 0 aliphatic carbocycles. The molecule has 1 atom stereocenters. The molecule has 0 fully saturated rings. The predicted molar refractivity (Wildman–Crippen MR) is 80.3 cm³/mol. The first kappa shape index (κ1) is 15.8. The van der Waals surface area contributed by atoms with Crippen molar-refractivity contribution in [2.24, 2.45) is 5.41 Å². The third-order valence-corrected chi connectivity index (χ3v) is 4.09. The number of rotatable bonds is 4. The lowest BCUT2D eigenvalue weighted by Gasteiger charge is -2.29. The lowest BCUT2D eigenvalue weighted by Crippen LogP contribution is -2.24. The zero-order valence-electron chi connectivity index (χ0n) is 11.6. The summed E-state index contributed by atoms with van der Waals surface area (Å²) in [5, 5.41) is 0. The van der Waals surface area contributed by atoms with Gasteiger partial charge in [0.05, 0.1) is 4.47 Å². The highest BCUT2D eigenvalue weighted by Gasteiger charge is 2.29. The van der Waals surface area contributed by atoms with Crippen molar-refractivity contribution in [3.8, 4) is 0 Å². The van der Waals surface area contributed by atoms with Crippen LogP contribution in [0.4, 0.5) is 0 Å². The van der Waals surface area contributed by atoms with Crippen LogP contribution in [0.1, 0.15) is 52.2 Å². The van der Waals surface area contributed by atoms with Crippen molar-refractivity contribution in [2.75, 3.05) is 6.61 Å². The van der Waals surface area contributed by atoms with E-state index in [2.05, 4.69) is 53.6 Å². The molecule has 0 aromatic carbocycles. The summed E-state index contributed by atoms with van der Waals surface area (Å²) < 4.78 is 7.31. The summed E-state index contributed by atoms with van der Waals surface area (Å²) in [6.45, 7) is 11.1. The van der Waals surface area contributed by atoms with Gasteiger partial charge in [-0.1, -0.05) is 39.9 Å². The molecule has 1 unspecified atom stereocenters. The van der Waals surface area contributed by atoms with Crippen molar-refractivity contribution in [2.45, 2.75) is 47.1 Å². The van der Waals surface area contributed by atoms with Crippen molar-refractivity contribution in [3.63, 3.8) is 0 Å². The molecule has 102 valence electrons. The van der Waals surface area contributed by atoms with Crippen molar-refractivity contribution in [1.82, 2.24) is 9.97 Å². The van der Waals surface area contributed by atoms with E-state index in [0.29, 0.717) is 11.2 Å². The van der Waals surface area contributed by atoms with Crippen LogP contribution in [-0.4, -0.2) is 16.6 Å². The van der Waals surface area contributed by atoms with E-state index in [1.54, 1.807) is 0 Å². The molecule has 1 aromatic heterocycles. The molecule has 0 aliphatic rings. The number of nitrogens with zero attached hydrogens (tertiary/aromatic N) is 1. The maximum atomic E-state index is 5.83. The standard InChI is InChI=1S/C13H21BrN2OS/c1-6-8-9(14)12(18)16-11(15-8)10(17-7-2)13(3,4)5/h10H,6-7H2,1-5H3,(H,15,16,18). The molecule has 0 amide bonds. The van der Waals surface area contributed by atoms with Crippen LogP contribution in [0.25, 0.3) is 0 Å². The van der Waals surface area contributed by atoms with Gasteiger partial charge in [0.2, 0.25) is 0 Å². The molecule has 5 heteroatoms. The van der Waals surface area contributed by atoms with Gasteiger partial charge in [0, 0.05) is 12.3 Å². The SMILES string of the molecule is CCOC(c1nc(=S)c(Br)c(CC)[nH]1)C(C)(C)C. The van der Waals surface area contributed by atoms with E-state index >= 15 is 0 Å². The first-order valence-corrected chi connectivity index (χ1v) is 7.41. The van der Waals surface area contributed by atoms with Gasteiger partial charge in [0.1, 0.15) is 16.6 Å². The Hall–Kier alpha value is -0.260. The normalized spacial score (nSPS) is 13.7. The Morgan fingerprint density at radius 2 is 2.00 bits per heavy atom. The van der Waals surface area contributed by atoms with E-state index in [4.69, 9.17) is 17.0 Å². The summed E-state index contributed by atoms with van der Waals surface area (Å²) in [5.74, 6) is 0.814. The average molecular weight is 333 g/mol. The van der Waals surface area contributed by atoms with E-state index in [1.165, 1.54) is 0 Å². The molecule has 0 bridgehead atoms. The lowest BCUT2D eigenvalue weighted by molar-refractivity contribution is -0.0193. The number of H-pyrrole nitrogens is 1. The highest BCUT2D eigenvalue weighted by molar-refractivity contribution is 9.10. The summed E-state index contributed by atoms with van der Waals surface area (Å²) in [5.41, 5.74) is 1.04. The third-order valence-electron chi connectivity index (χ3n) is 2.68. The Labute approximate surface area is 122 Å². The minimum atomic E-state index is -0.0809. The molecule has 1 rings (SSSR count). The predicted octanol–water partition coefficient (Wildman–Crippen LogP) is 4.59. The van der Waals surface area contributed by atoms with Crippen molar-refractivity contribution in [3.05, 3.63) is 20.6 Å². The molecule has 1 aromatic rings. The van der Waals surface area contributed by atoms with Crippen LogP contribution in [0.3, 0.4) is 0 Å². The number of aromatic nitrogens is 2. The second-order valence-corrected chi connectivity index (χ2v) is 6.45. The molecule has 0 aliphatic heterocycles. The van der Waals surface area contributed by atoms with Gasteiger partial charge in [-0.15, -0.1) is 0 Å². The Morgan fingerprint density at radius 1 is 1.39 bits per heavy atom. The molecular formula is C13H21BrN2OS. The van der Waals surface area contributed by atoms with Gasteiger partial charge in [-0.05, 0) is 34.7 Å². The molecule has 0 radical (unpaired) electrons. The number of hydrogen-bond acceptors (Lipinski definition) is 3. The van der Waals surface area contributed by atoms with Crippen LogP contribution < -0.4 is 0 Å². The third kappa shape index (κ3) is 3.62. The first-order valence-electron chi connectivity index (χ1n) is 6.21. The van der Waals surface area contributed by atoms with Crippen LogP contribution in [0.2, 0.25) is 0 Å². The fraction of sp³-hybridized carbons (Fsp3) is 0.692. The summed E-state index contributed by atoms with van der Waals surface area (Å²) >= 11 is 8.76. The lowest BCUT2D eigenvalue weighted by atomic mass is 9.88. The quantitative estimate of drug-likeness (QED) is 0.819. The number of hydrogen-bond donors (Lipinski definition) is 1. The smallest absolute Gasteiger partial charge is 0.144 e. The second-order valence-electron chi connectivity index (χ2n) is 5.27. The van der Waals surface area contributed by atoms with E-state index in [1.807, 2.05) is 6.92 Å². The first-order chi connectivity index (χ1) is 8.31. The van der Waals surface area contributed by atoms with E-state index in [9.17, 15) is 0 Å². The Bertz CT molecular complexity index is 465. The number of aromatic amines is 1. The van der Waals surface area contributed by atoms with Gasteiger partial charge in [-0.2, -0.15) is 0 Å². The highest BCUT2D eigenvalue weighted by Crippen LogP contribution is 2.34. The monoisotopic (exact) mass is 332 g/mol. The van der Waals surface area contributed by atoms with Crippen LogP contribution in [0.5, 0.6) is 0 Å². The number of aryl methyl sites for hydroxylation is 1. The van der Waals surface area contributed by atoms with Gasteiger partial charge < -0.3 is 9.72 Å². The molecule has 1 N–H and O–H groups in total. The minimum absolute atomic E-state index is 0.0277. The minimum Gasteiger partial charge on any atom is -0.370 e. The Kier molecular flexibility index (Phi) is 5.49. The van der Waals surface area contributed by atoms with Gasteiger partial charge in [-0.25, -0.2) is 4.98 Å². The number of nitrogens with one attached hydrogen (secondary N) is 1. The summed E-state index contributed by atoms with van der Waals surface area (Å²) in [7, 11) is 0. The van der Waals surface area contributed by atoms with Gasteiger partial charge in [0.15, 0.2) is 0 Å². The molecule has 18 heavy (non-hydrogen) atoms. The van der Waals surface area contributed by atoms with Crippen molar-refractivity contribution in [1.29, 1.82) is 0 Å². The van der Waals surface area contributed by atoms with Crippen molar-refractivity contribution >= 4 is 28.1 Å². The van der Waals surface area contributed by atoms with Crippen molar-refractivity contribution < 1.29 is 4.74 Å². The summed E-state index contributed by atoms with van der Waals surface area (Å²) in [6.07, 6.45) is 0.797. The zero-order valence-corrected chi connectivity index (χ0v) is 14.0. The molecule has 0 saturated heterocycles. The van der Waals surface area contributed by atoms with E-state index in [0.717, 1.165) is 22.4 Å². The number of halogens is 1. The van der Waals surface area contributed by atoms with Gasteiger partial charge in [-0.3, -0.25) is 0 Å². The van der Waals surface area contributed by atoms with Crippen LogP contribution >= 0.6 is 28.1 Å². The molecule has 1 heterocycles. The maximum absolute atomic E-state index is 5.83. The zero-order chi connectivity index (χ0) is 13.9. The van der Waals surface area contributed by atoms with E-state index in [-0.39, 0.29) is 11.5 Å². The van der Waals surface area contributed by atoms with E-state index < -0.39 is 0 Å². The van der Waals surface area contributed by atoms with Crippen LogP contribution in [0, 0.1) is 10.1 Å².